The van der Waals surface area contributed by atoms with Crippen LogP contribution in [-0.2, 0) is 38.0 Å². The van der Waals surface area contributed by atoms with Gasteiger partial charge in [0, 0.05) is 37.5 Å². The number of esters is 1. The number of allylic oxidation sites excluding steroid dienone is 10. The van der Waals surface area contributed by atoms with Gasteiger partial charge in [-0.2, -0.15) is 0 Å². The van der Waals surface area contributed by atoms with Gasteiger partial charge in [-0.1, -0.05) is 86.8 Å². The molecular weight excluding hydrogens is 971 g/mol. The number of nitrogens with two attached hydrogens (primary N) is 1. The quantitative estimate of drug-likeness (QED) is 0.170. The Morgan fingerprint density at radius 2 is 1.23 bits per heavy atom. The maximum absolute atomic E-state index is 13.1. The van der Waals surface area contributed by atoms with E-state index in [4.69, 9.17) is 34.2 Å². The molecule has 4 rings (SSSR count). The molecule has 23 atom stereocenters. The number of fused-ring (bicyclic) bond motifs is 2. The topological polar surface area (TPSA) is 358 Å². The molecule has 0 saturated carbocycles. The number of hydrogen-bond donors (Lipinski definition) is 13. The summed E-state index contributed by atoms with van der Waals surface area (Å²) >= 11 is 0. The SMILES string of the molecule is CC1/C=C/C=C/CC/C=C/C=C/C=C/C=C/C(O[C@@H]2OC(C)[C@@H](O)[C@H](N)[C@@H]2O)CC2OC(O)(CC(O)C(O)CCC(O)CC(O)CC(O)CC(=O)OC(C)C(C)C1O[C@H]1C[C@@H](O)[C@@H](O)[C@@H](C)O1)CC(O)C2C(=O)O. The normalized spacial score (nSPS) is 46.5. The van der Waals surface area contributed by atoms with Crippen molar-refractivity contribution in [3.8, 4) is 0 Å². The highest BCUT2D eigenvalue weighted by atomic mass is 16.7. The summed E-state index contributed by atoms with van der Waals surface area (Å²) in [5, 5.41) is 129. The molecule has 2 bridgehead atoms. The number of carbonyl (C=O) groups is 2. The van der Waals surface area contributed by atoms with Crippen molar-refractivity contribution in [3.05, 3.63) is 72.9 Å². The lowest BCUT2D eigenvalue weighted by Gasteiger charge is -2.45. The average Bonchev–Trinajstić information content (AvgIpc) is 3.31. The van der Waals surface area contributed by atoms with Crippen LogP contribution < -0.4 is 5.73 Å². The van der Waals surface area contributed by atoms with Crippen LogP contribution in [0.15, 0.2) is 72.9 Å². The van der Waals surface area contributed by atoms with Gasteiger partial charge in [-0.05, 0) is 59.3 Å². The fourth-order valence-electron chi connectivity index (χ4n) is 9.63. The molecule has 21 heteroatoms. The van der Waals surface area contributed by atoms with Crippen molar-refractivity contribution in [2.75, 3.05) is 0 Å². The average molecular weight is 1060 g/mol. The third-order valence-corrected chi connectivity index (χ3v) is 14.2. The smallest absolute Gasteiger partial charge is 0.311 e. The zero-order valence-electron chi connectivity index (χ0n) is 43.1. The van der Waals surface area contributed by atoms with Gasteiger partial charge in [0.1, 0.15) is 24.2 Å². The second-order valence-electron chi connectivity index (χ2n) is 20.5. The summed E-state index contributed by atoms with van der Waals surface area (Å²) in [5.41, 5.74) is 6.04. The second-order valence-corrected chi connectivity index (χ2v) is 20.5. The van der Waals surface area contributed by atoms with Crippen molar-refractivity contribution in [1.29, 1.82) is 0 Å². The van der Waals surface area contributed by atoms with Crippen molar-refractivity contribution in [2.45, 2.75) is 227 Å². The fourth-order valence-corrected chi connectivity index (χ4v) is 9.63. The second kappa shape index (κ2) is 30.6. The van der Waals surface area contributed by atoms with Crippen LogP contribution in [0.4, 0.5) is 0 Å². The van der Waals surface area contributed by atoms with Crippen LogP contribution in [0, 0.1) is 17.8 Å². The Bertz CT molecular complexity index is 1870. The zero-order valence-corrected chi connectivity index (χ0v) is 43.1. The predicted molar refractivity (Wildman–Crippen MR) is 267 cm³/mol. The zero-order chi connectivity index (χ0) is 54.9. The third kappa shape index (κ3) is 19.9. The molecule has 0 radical (unpaired) electrons. The van der Waals surface area contributed by atoms with Crippen molar-refractivity contribution >= 4 is 11.9 Å². The Labute approximate surface area is 433 Å². The number of aliphatic hydroxyl groups is 11. The lowest BCUT2D eigenvalue weighted by Crippen LogP contribution is -2.61. The molecule has 0 spiro atoms. The van der Waals surface area contributed by atoms with E-state index in [9.17, 15) is 70.9 Å². The minimum Gasteiger partial charge on any atom is -0.481 e. The van der Waals surface area contributed by atoms with Crippen LogP contribution in [0.25, 0.3) is 0 Å². The highest BCUT2D eigenvalue weighted by Crippen LogP contribution is 2.38. The molecule has 0 aromatic rings. The van der Waals surface area contributed by atoms with Crippen LogP contribution in [0.5, 0.6) is 0 Å². The Kier molecular flexibility index (Phi) is 26.1. The van der Waals surface area contributed by atoms with Gasteiger partial charge in [0.2, 0.25) is 0 Å². The predicted octanol–water partition coefficient (Wildman–Crippen LogP) is 0.817. The molecule has 21 nitrogen and oxygen atoms in total. The molecule has 4 heterocycles. The number of hydrogen-bond acceptors (Lipinski definition) is 20. The van der Waals surface area contributed by atoms with Crippen LogP contribution in [0.2, 0.25) is 0 Å². The van der Waals surface area contributed by atoms with Crippen molar-refractivity contribution in [1.82, 2.24) is 0 Å². The Hall–Kier alpha value is -3.30. The van der Waals surface area contributed by atoms with Crippen LogP contribution in [-0.4, -0.2) is 195 Å². The van der Waals surface area contributed by atoms with Gasteiger partial charge >= 0.3 is 11.9 Å². The van der Waals surface area contributed by atoms with E-state index < -0.39 is 165 Å². The van der Waals surface area contributed by atoms with E-state index in [0.717, 1.165) is 12.8 Å². The molecule has 3 saturated heterocycles. The molecule has 422 valence electrons. The number of aliphatic carboxylic acids is 1. The van der Waals surface area contributed by atoms with E-state index >= 15 is 0 Å². The molecule has 15 unspecified atom stereocenters. The van der Waals surface area contributed by atoms with Gasteiger partial charge in [-0.3, -0.25) is 9.59 Å². The number of carboxylic acids is 1. The summed E-state index contributed by atoms with van der Waals surface area (Å²) in [6, 6.07) is -1.16. The first kappa shape index (κ1) is 63.2. The molecule has 0 aliphatic carbocycles. The number of cyclic esters (lactones) is 1. The van der Waals surface area contributed by atoms with Crippen LogP contribution in [0.3, 0.4) is 0 Å². The Morgan fingerprint density at radius 3 is 1.89 bits per heavy atom. The number of carbonyl (C=O) groups excluding carboxylic acids is 1. The van der Waals surface area contributed by atoms with Crippen molar-refractivity contribution < 1.29 is 99.3 Å². The van der Waals surface area contributed by atoms with E-state index in [0.29, 0.717) is 0 Å². The molecule has 4 aliphatic heterocycles. The minimum atomic E-state index is -2.37. The molecule has 0 aromatic heterocycles. The van der Waals surface area contributed by atoms with Crippen molar-refractivity contribution in [3.63, 3.8) is 0 Å². The highest BCUT2D eigenvalue weighted by molar-refractivity contribution is 5.71. The highest BCUT2D eigenvalue weighted by Gasteiger charge is 2.51. The fraction of sp³-hybridized carbons (Fsp3) is 0.736. The largest absolute Gasteiger partial charge is 0.481 e. The number of aliphatic hydroxyl groups excluding tert-OH is 10. The number of ether oxygens (including phenoxy) is 6. The molecule has 14 N–H and O–H groups in total. The van der Waals surface area contributed by atoms with Gasteiger partial charge < -0.3 is 95.4 Å². The number of carboxylic acid groups (broad SMARTS) is 1. The summed E-state index contributed by atoms with van der Waals surface area (Å²) in [6.45, 7) is 8.61. The monoisotopic (exact) mass is 1060 g/mol. The summed E-state index contributed by atoms with van der Waals surface area (Å²) in [7, 11) is 0. The van der Waals surface area contributed by atoms with E-state index in [2.05, 4.69) is 0 Å². The summed E-state index contributed by atoms with van der Waals surface area (Å²) in [6.07, 6.45) is -1.63. The summed E-state index contributed by atoms with van der Waals surface area (Å²) < 4.78 is 35.8. The minimum absolute atomic E-state index is 0.0208. The standard InChI is InChI=1S/C53H85NO20/c1-29-18-16-14-12-10-8-6-7-9-11-13-15-17-19-37(72-52-49(65)46(54)48(64)33(5)71-52)25-42-45(51(66)67)41(61)28-53(68,74-42)27-40(60)38(58)21-20-34(55)22-35(56)23-36(57)24-43(62)69-31(3)30(2)50(29)73-44-26-39(59)47(63)32(4)70-44/h6-7,9,11-19,29-42,44-50,52,55-61,63-65,68H,8,10,20-28,54H2,1-5H3,(H,66,67)/b7-6+,11-9+,14-12+,15-13+,18-16+,19-17+/t29?,30?,31?,32-,33?,34?,35?,36?,37?,38?,39-,40?,41?,42?,44+,45?,46+,47+,48-,49+,50?,52+,53?/m1/s1. The first-order valence-electron chi connectivity index (χ1n) is 25.9. The molecule has 74 heavy (non-hydrogen) atoms. The first-order chi connectivity index (χ1) is 34.9. The lowest BCUT2D eigenvalue weighted by atomic mass is 9.82. The molecule has 3 fully saturated rings. The van der Waals surface area contributed by atoms with Crippen LogP contribution >= 0.6 is 0 Å². The Balaban J connectivity index is 1.55. The summed E-state index contributed by atoms with van der Waals surface area (Å²) in [4.78, 5) is 25.6. The van der Waals surface area contributed by atoms with E-state index in [-0.39, 0.29) is 44.4 Å². The lowest BCUT2D eigenvalue weighted by molar-refractivity contribution is -0.310. The van der Waals surface area contributed by atoms with Crippen molar-refractivity contribution in [2.24, 2.45) is 23.5 Å². The summed E-state index contributed by atoms with van der Waals surface area (Å²) in [5.74, 6) is -6.88. The third-order valence-electron chi connectivity index (χ3n) is 14.2. The molecule has 4 aliphatic rings. The molecule has 0 aromatic carbocycles. The molecular formula is C53H85NO20. The van der Waals surface area contributed by atoms with Gasteiger partial charge in [0.25, 0.3) is 0 Å². The van der Waals surface area contributed by atoms with E-state index in [1.54, 1.807) is 38.2 Å². The van der Waals surface area contributed by atoms with Gasteiger partial charge in [0.05, 0.1) is 91.8 Å². The maximum atomic E-state index is 13.1. The number of rotatable bonds is 5. The van der Waals surface area contributed by atoms with Gasteiger partial charge in [-0.25, -0.2) is 0 Å². The van der Waals surface area contributed by atoms with Gasteiger partial charge in [-0.15, -0.1) is 0 Å². The van der Waals surface area contributed by atoms with Crippen LogP contribution in [0.1, 0.15) is 105 Å². The Morgan fingerprint density at radius 1 is 0.635 bits per heavy atom. The maximum Gasteiger partial charge on any atom is 0.311 e. The van der Waals surface area contributed by atoms with E-state index in [1.165, 1.54) is 13.0 Å². The molecule has 0 amide bonds. The van der Waals surface area contributed by atoms with E-state index in [1.807, 2.05) is 56.4 Å². The first-order valence-corrected chi connectivity index (χ1v) is 25.9. The van der Waals surface area contributed by atoms with Gasteiger partial charge in [0.15, 0.2) is 18.4 Å².